The number of amides is 6. The molecule has 112 heavy (non-hydrogen) atoms. The Kier molecular flexibility index (Phi) is 56.1. The lowest BCUT2D eigenvalue weighted by atomic mass is 10.0. The molecule has 6 amide bonds. The molecule has 33 heteroatoms. The monoisotopic (exact) mass is 1880 g/mol. The van der Waals surface area contributed by atoms with Gasteiger partial charge in [-0.05, 0) is 76.6 Å². The fourth-order valence-corrected chi connectivity index (χ4v) is 19.0. The van der Waals surface area contributed by atoms with Gasteiger partial charge >= 0.3 is 20.6 Å². The lowest BCUT2D eigenvalue weighted by molar-refractivity contribution is -0.124. The van der Waals surface area contributed by atoms with Gasteiger partial charge in [-0.2, -0.15) is 23.5 Å². The third-order valence-electron chi connectivity index (χ3n) is 17.0. The van der Waals surface area contributed by atoms with Crippen molar-refractivity contribution in [1.82, 2.24) is 31.9 Å². The van der Waals surface area contributed by atoms with Crippen molar-refractivity contribution in [2.45, 2.75) is 171 Å². The van der Waals surface area contributed by atoms with Gasteiger partial charge in [-0.15, -0.1) is 12.8 Å². The number of rotatable bonds is 60. The Hall–Kier alpha value is -3.86. The number of terminal acetylenes is 2. The van der Waals surface area contributed by atoms with Gasteiger partial charge in [0.05, 0.1) is 154 Å². The zero-order chi connectivity index (χ0) is 80.8. The van der Waals surface area contributed by atoms with Crippen LogP contribution in [0.25, 0.3) is 0 Å². The van der Waals surface area contributed by atoms with Crippen LogP contribution in [0.4, 0.5) is 9.59 Å². The van der Waals surface area contributed by atoms with Crippen LogP contribution in [0.3, 0.4) is 0 Å². The molecule has 0 saturated carbocycles. The summed E-state index contributed by atoms with van der Waals surface area (Å²) >= 11 is 17.4. The minimum absolute atomic E-state index is 0. The Morgan fingerprint density at radius 1 is 0.491 bits per heavy atom. The molecule has 4 aliphatic heterocycles. The van der Waals surface area contributed by atoms with Gasteiger partial charge in [0, 0.05) is 105 Å². The van der Waals surface area contributed by atoms with Crippen LogP contribution in [0.1, 0.15) is 125 Å². The number of Topliss-reactive ketones (excluding diaryl/α,β-unsaturated/α-hetero) is 2. The molecular formula is C79H122Br4N6O20S2Si. The summed E-state index contributed by atoms with van der Waals surface area (Å²) in [6.07, 6.45) is 20.3. The molecule has 0 radical (unpaired) electrons. The molecule has 2 aromatic carbocycles. The number of halogens is 4. The average Bonchev–Trinajstić information content (AvgIpc) is 1.15. The van der Waals surface area contributed by atoms with E-state index in [1.807, 2.05) is 98.0 Å². The predicted octanol–water partition coefficient (Wildman–Crippen LogP) is 9.02. The van der Waals surface area contributed by atoms with E-state index in [-0.39, 0.29) is 126 Å². The molecule has 4 saturated heterocycles. The predicted molar refractivity (Wildman–Crippen MR) is 456 cm³/mol. The minimum atomic E-state index is -3.36. The topological polar surface area (TPSA) is 326 Å². The summed E-state index contributed by atoms with van der Waals surface area (Å²) in [4.78, 5) is 71.7. The molecule has 2 aromatic rings. The normalized spacial score (nSPS) is 18.1. The van der Waals surface area contributed by atoms with Crippen molar-refractivity contribution in [3.63, 3.8) is 0 Å². The smallest absolute Gasteiger partial charge is 0.391 e. The van der Waals surface area contributed by atoms with Crippen molar-refractivity contribution >= 4 is 142 Å². The van der Waals surface area contributed by atoms with Crippen LogP contribution in [0.5, 0.6) is 0 Å². The molecule has 0 unspecified atom stereocenters. The van der Waals surface area contributed by atoms with Gasteiger partial charge in [-0.1, -0.05) is 156 Å². The highest BCUT2D eigenvalue weighted by atomic mass is 79.9. The van der Waals surface area contributed by atoms with Crippen LogP contribution >= 0.6 is 87.2 Å². The number of aliphatic hydroxyl groups excluding tert-OH is 1. The molecule has 4 aliphatic rings. The molecule has 4 fully saturated rings. The number of ether oxygens (including phenoxy) is 10. The van der Waals surface area contributed by atoms with E-state index in [1.54, 1.807) is 13.8 Å². The maximum Gasteiger partial charge on any atom is 0.407 e. The van der Waals surface area contributed by atoms with Gasteiger partial charge in [0.15, 0.2) is 0 Å². The van der Waals surface area contributed by atoms with Crippen LogP contribution in [0, 0.1) is 24.7 Å². The molecule has 4 heterocycles. The van der Waals surface area contributed by atoms with Gasteiger partial charge < -0.3 is 98.3 Å². The summed E-state index contributed by atoms with van der Waals surface area (Å²) in [6, 6.07) is 20.7. The molecule has 0 spiro atoms. The van der Waals surface area contributed by atoms with Crippen molar-refractivity contribution in [1.29, 1.82) is 0 Å². The first-order chi connectivity index (χ1) is 53.5. The number of thioether (sulfide) groups is 2. The summed E-state index contributed by atoms with van der Waals surface area (Å²) in [6.45, 7) is 15.8. The van der Waals surface area contributed by atoms with Crippen molar-refractivity contribution in [3.05, 3.63) is 78.6 Å². The third-order valence-corrected chi connectivity index (χ3v) is 27.6. The second-order valence-corrected chi connectivity index (χ2v) is 36.7. The lowest BCUT2D eigenvalue weighted by Gasteiger charge is -2.39. The number of hydrogen-bond donors (Lipinski definition) is 8. The van der Waals surface area contributed by atoms with E-state index in [4.69, 9.17) is 74.2 Å². The van der Waals surface area contributed by atoms with Crippen molar-refractivity contribution in [2.24, 2.45) is 0 Å². The SMILES string of the molecule is C.C#CCOC/C(Br)=C(\Br)CO.C#CCOC/C(Br)=C(\Br)CO[Si](OC(C)(C)CNC(=O)CCOCCOCCOCCOCCCC(=O)CCCC[C@@H]1SC[C@@H]2NC(=O)N[C@@H]21)(c1ccccc1)c1ccccc1.CC(C)(O)CNC(=O)CCOCCOCCOCCOCCCC(=O)CCCC[C@@H]1SC[C@@H]2NC(=O)N[C@@H]21. The maximum atomic E-state index is 12.9. The standard InChI is InChI=1S/C45H63Br2N3O10SSi.C26H47N3O8S.C7H8Br2O2.CH4/c1-4-22-58-31-38(46)39(47)32-59-62(36-16-7-5-8-17-36,37-18-9-6-10-19-37)60-45(2,3)34-48-42(52)21-24-55-26-28-57-30-29-56-27-25-54-23-13-15-35(51)14-11-12-20-41-43-40(33-61-41)49-44(53)50-43;1-26(2,33)19-27-23(31)9-11-35-13-15-37-17-16-36-14-12-34-10-5-7-20(30)6-3-4-8-22-24-21(18-38-22)28-25(32)29-24;1-2-3-11-5-7(9)6(8)4-10;/h1,5-10,16-19,40-41,43H,11-15,20-34H2,2-3H3,(H,48,52)(H2,49,50,53);21-22,24,33H,3-19H2,1-2H3,(H,27,31)(H2,28,29,32);1,10H,3-5H2;1H4/b39-38+;;7-6+;/t40-,41-,43-;21-,22-,24-;;/m00../s1. The molecule has 0 aliphatic carbocycles. The molecule has 0 aromatic heterocycles. The maximum absolute atomic E-state index is 12.9. The number of aliphatic hydroxyl groups is 2. The Morgan fingerprint density at radius 3 is 1.23 bits per heavy atom. The average molecular weight is 1890 g/mol. The summed E-state index contributed by atoms with van der Waals surface area (Å²) in [5.74, 6) is 6.99. The van der Waals surface area contributed by atoms with Crippen molar-refractivity contribution in [2.75, 3.05) is 170 Å². The van der Waals surface area contributed by atoms with E-state index < -0.39 is 19.8 Å². The number of unbranched alkanes of at least 4 members (excludes halogenated alkanes) is 2. The highest BCUT2D eigenvalue weighted by Crippen LogP contribution is 2.35. The van der Waals surface area contributed by atoms with Crippen molar-refractivity contribution in [3.8, 4) is 24.7 Å². The number of ketones is 2. The number of nitrogens with one attached hydrogen (secondary N) is 6. The van der Waals surface area contributed by atoms with Gasteiger partial charge in [0.25, 0.3) is 0 Å². The molecule has 8 N–H and O–H groups in total. The first-order valence-corrected chi connectivity index (χ1v) is 45.0. The Bertz CT molecular complexity index is 3100. The molecule has 0 bridgehead atoms. The summed E-state index contributed by atoms with van der Waals surface area (Å²) in [7, 11) is -3.36. The summed E-state index contributed by atoms with van der Waals surface area (Å²) in [5, 5.41) is 38.5. The number of carbonyl (C=O) groups excluding carboxylic acids is 6. The van der Waals surface area contributed by atoms with Crippen LogP contribution in [-0.4, -0.2) is 270 Å². The zero-order valence-electron chi connectivity index (χ0n) is 64.7. The largest absolute Gasteiger partial charge is 0.407 e. The molecule has 632 valence electrons. The molecule has 6 atom stereocenters. The second-order valence-electron chi connectivity index (χ2n) is 27.5. The number of urea groups is 2. The Labute approximate surface area is 707 Å². The highest BCUT2D eigenvalue weighted by molar-refractivity contribution is 9.14. The molecule has 26 nitrogen and oxygen atoms in total. The van der Waals surface area contributed by atoms with Gasteiger partial charge in [0.2, 0.25) is 11.8 Å². The van der Waals surface area contributed by atoms with Crippen LogP contribution in [0.2, 0.25) is 0 Å². The first-order valence-electron chi connectivity index (χ1n) is 37.9. The first kappa shape index (κ1) is 102. The van der Waals surface area contributed by atoms with Crippen LogP contribution < -0.4 is 42.3 Å². The van der Waals surface area contributed by atoms with E-state index >= 15 is 0 Å². The fourth-order valence-electron chi connectivity index (χ4n) is 11.4. The number of hydrogen-bond acceptors (Lipinski definition) is 22. The second kappa shape index (κ2) is 61.5. The van der Waals surface area contributed by atoms with Gasteiger partial charge in [-0.25, -0.2) is 9.59 Å². The Morgan fingerprint density at radius 2 is 0.848 bits per heavy atom. The number of carbonyl (C=O) groups is 6. The lowest BCUT2D eigenvalue weighted by Crippen LogP contribution is -2.67. The highest BCUT2D eigenvalue weighted by Gasteiger charge is 2.48. The van der Waals surface area contributed by atoms with E-state index in [9.17, 15) is 33.9 Å². The zero-order valence-corrected chi connectivity index (χ0v) is 73.7. The third kappa shape index (κ3) is 45.8. The Balaban J connectivity index is 0.000000549. The van der Waals surface area contributed by atoms with E-state index in [0.717, 1.165) is 80.3 Å². The number of fused-ring (bicyclic) bond motifs is 2. The fraction of sp³-hybridized carbons (Fsp3) is 0.671. The van der Waals surface area contributed by atoms with Gasteiger partial charge in [0.1, 0.15) is 24.8 Å². The molecule has 6 rings (SSSR count). The quantitative estimate of drug-likeness (QED) is 0.0132. The summed E-state index contributed by atoms with van der Waals surface area (Å²) < 4.78 is 71.5. The van der Waals surface area contributed by atoms with E-state index in [0.29, 0.717) is 159 Å². The van der Waals surface area contributed by atoms with Crippen LogP contribution in [0.15, 0.2) is 78.6 Å². The van der Waals surface area contributed by atoms with Gasteiger partial charge in [-0.3, -0.25) is 19.2 Å². The van der Waals surface area contributed by atoms with Crippen LogP contribution in [-0.2, 0) is 75.4 Å². The van der Waals surface area contributed by atoms with Crippen molar-refractivity contribution < 1.29 is 95.2 Å². The number of benzene rings is 2. The molecular weight excluding hydrogens is 1760 g/mol. The minimum Gasteiger partial charge on any atom is -0.391 e. The summed E-state index contributed by atoms with van der Waals surface area (Å²) in [5.41, 5.74) is -1.73. The van der Waals surface area contributed by atoms with E-state index in [2.05, 4.69) is 107 Å². The van der Waals surface area contributed by atoms with E-state index in [1.165, 1.54) is 0 Å².